The Morgan fingerprint density at radius 2 is 1.95 bits per heavy atom. The summed E-state index contributed by atoms with van der Waals surface area (Å²) in [6, 6.07) is 9.84. The molecular formula is C13H10N8. The summed E-state index contributed by atoms with van der Waals surface area (Å²) in [5, 5.41) is 19.1. The molecule has 3 N–H and O–H groups in total. The number of nitrogens with zero attached hydrogens (tertiary/aromatic N) is 6. The van der Waals surface area contributed by atoms with Gasteiger partial charge in [-0.3, -0.25) is 5.10 Å². The molecule has 21 heavy (non-hydrogen) atoms. The summed E-state index contributed by atoms with van der Waals surface area (Å²) in [7, 11) is 0. The van der Waals surface area contributed by atoms with Crippen LogP contribution >= 0.6 is 0 Å². The maximum absolute atomic E-state index is 6.11. The molecule has 0 spiro atoms. The van der Waals surface area contributed by atoms with Crippen LogP contribution in [0, 0.1) is 0 Å². The van der Waals surface area contributed by atoms with Crippen molar-refractivity contribution in [3.05, 3.63) is 42.9 Å². The fourth-order valence-corrected chi connectivity index (χ4v) is 2.17. The van der Waals surface area contributed by atoms with Gasteiger partial charge < -0.3 is 5.73 Å². The second kappa shape index (κ2) is 4.37. The Morgan fingerprint density at radius 1 is 1.10 bits per heavy atom. The summed E-state index contributed by atoms with van der Waals surface area (Å²) in [5.41, 5.74) is 9.01. The van der Waals surface area contributed by atoms with Crippen molar-refractivity contribution < 1.29 is 0 Å². The molecule has 0 aliphatic heterocycles. The molecule has 0 atom stereocenters. The second-order valence-corrected chi connectivity index (χ2v) is 4.43. The second-order valence-electron chi connectivity index (χ2n) is 4.43. The third-order valence-electron chi connectivity index (χ3n) is 3.18. The van der Waals surface area contributed by atoms with Crippen molar-refractivity contribution >= 4 is 11.5 Å². The maximum atomic E-state index is 6.11. The Balaban J connectivity index is 1.94. The summed E-state index contributed by atoms with van der Waals surface area (Å²) < 4.78 is 1.55. The minimum Gasteiger partial charge on any atom is -0.382 e. The maximum Gasteiger partial charge on any atom is 0.187 e. The highest BCUT2D eigenvalue weighted by Crippen LogP contribution is 2.26. The number of benzene rings is 1. The number of aromatic nitrogens is 7. The van der Waals surface area contributed by atoms with E-state index in [9.17, 15) is 0 Å². The molecule has 0 amide bonds. The number of fused-ring (bicyclic) bond motifs is 1. The number of nitrogens with two attached hydrogens (primary N) is 1. The van der Waals surface area contributed by atoms with E-state index in [0.717, 1.165) is 11.1 Å². The molecule has 0 aliphatic rings. The normalized spacial score (nSPS) is 11.0. The van der Waals surface area contributed by atoms with Crippen LogP contribution in [-0.4, -0.2) is 35.0 Å². The molecule has 0 saturated heterocycles. The van der Waals surface area contributed by atoms with Crippen molar-refractivity contribution in [3.8, 4) is 22.6 Å². The monoisotopic (exact) mass is 278 g/mol. The van der Waals surface area contributed by atoms with Gasteiger partial charge in [0.2, 0.25) is 0 Å². The lowest BCUT2D eigenvalue weighted by Crippen LogP contribution is -2.06. The van der Waals surface area contributed by atoms with Gasteiger partial charge in [-0.1, -0.05) is 30.3 Å². The van der Waals surface area contributed by atoms with Crippen molar-refractivity contribution in [1.29, 1.82) is 0 Å². The van der Waals surface area contributed by atoms with Crippen LogP contribution in [0.5, 0.6) is 0 Å². The van der Waals surface area contributed by atoms with Crippen LogP contribution in [0.25, 0.3) is 28.3 Å². The molecule has 4 aromatic rings. The lowest BCUT2D eigenvalue weighted by Gasteiger charge is -2.03. The van der Waals surface area contributed by atoms with Crippen molar-refractivity contribution in [2.45, 2.75) is 0 Å². The first kappa shape index (κ1) is 11.5. The van der Waals surface area contributed by atoms with Gasteiger partial charge >= 0.3 is 0 Å². The highest BCUT2D eigenvalue weighted by Gasteiger charge is 2.16. The number of nitrogen functional groups attached to an aromatic ring is 1. The van der Waals surface area contributed by atoms with E-state index in [0.29, 0.717) is 23.0 Å². The van der Waals surface area contributed by atoms with Crippen LogP contribution in [0.3, 0.4) is 0 Å². The molecule has 0 saturated carbocycles. The van der Waals surface area contributed by atoms with E-state index in [1.54, 1.807) is 10.7 Å². The van der Waals surface area contributed by atoms with Crippen LogP contribution in [0.1, 0.15) is 0 Å². The Bertz CT molecular complexity index is 895. The van der Waals surface area contributed by atoms with Gasteiger partial charge in [0, 0.05) is 5.56 Å². The van der Waals surface area contributed by atoms with Gasteiger partial charge in [-0.05, 0) is 5.56 Å². The molecular weight excluding hydrogens is 268 g/mol. The number of aromatic amines is 1. The van der Waals surface area contributed by atoms with Crippen molar-refractivity contribution in [2.75, 3.05) is 5.73 Å². The molecule has 0 bridgehead atoms. The third-order valence-corrected chi connectivity index (χ3v) is 3.18. The average molecular weight is 278 g/mol. The van der Waals surface area contributed by atoms with Crippen molar-refractivity contribution in [2.24, 2.45) is 0 Å². The first-order chi connectivity index (χ1) is 10.3. The Morgan fingerprint density at radius 3 is 2.71 bits per heavy atom. The van der Waals surface area contributed by atoms with E-state index in [4.69, 9.17) is 5.73 Å². The highest BCUT2D eigenvalue weighted by atomic mass is 15.3. The minimum absolute atomic E-state index is 0.360. The van der Waals surface area contributed by atoms with Gasteiger partial charge in [-0.2, -0.15) is 14.7 Å². The molecule has 8 nitrogen and oxygen atoms in total. The summed E-state index contributed by atoms with van der Waals surface area (Å²) >= 11 is 0. The zero-order chi connectivity index (χ0) is 14.2. The van der Waals surface area contributed by atoms with E-state index in [-0.39, 0.29) is 0 Å². The number of hydrogen-bond donors (Lipinski definition) is 2. The van der Waals surface area contributed by atoms with Crippen LogP contribution in [-0.2, 0) is 0 Å². The quantitative estimate of drug-likeness (QED) is 0.569. The largest absolute Gasteiger partial charge is 0.382 e. The zero-order valence-corrected chi connectivity index (χ0v) is 10.8. The SMILES string of the molecule is Nc1c(-c2ncn[nH]2)nnc2c(-c3ccccc3)cnn12. The minimum atomic E-state index is 0.360. The molecule has 1 aromatic carbocycles. The summed E-state index contributed by atoms with van der Waals surface area (Å²) in [5.74, 6) is 0.817. The molecule has 4 rings (SSSR count). The summed E-state index contributed by atoms with van der Waals surface area (Å²) in [6.07, 6.45) is 3.11. The smallest absolute Gasteiger partial charge is 0.187 e. The van der Waals surface area contributed by atoms with Gasteiger partial charge in [0.05, 0.1) is 6.20 Å². The molecule has 0 unspecified atom stereocenters. The topological polar surface area (TPSA) is 111 Å². The van der Waals surface area contributed by atoms with Gasteiger partial charge in [0.25, 0.3) is 0 Å². The van der Waals surface area contributed by atoms with Crippen molar-refractivity contribution in [3.63, 3.8) is 0 Å². The van der Waals surface area contributed by atoms with Crippen LogP contribution in [0.4, 0.5) is 5.82 Å². The number of nitrogens with one attached hydrogen (secondary N) is 1. The molecule has 8 heteroatoms. The number of H-pyrrole nitrogens is 1. The van der Waals surface area contributed by atoms with Gasteiger partial charge in [0.1, 0.15) is 6.33 Å². The molecule has 0 radical (unpaired) electrons. The first-order valence-corrected chi connectivity index (χ1v) is 6.25. The van der Waals surface area contributed by atoms with E-state index < -0.39 is 0 Å². The Kier molecular flexibility index (Phi) is 2.40. The zero-order valence-electron chi connectivity index (χ0n) is 10.8. The lowest BCUT2D eigenvalue weighted by atomic mass is 10.1. The van der Waals surface area contributed by atoms with E-state index in [2.05, 4.69) is 30.5 Å². The number of hydrogen-bond acceptors (Lipinski definition) is 6. The van der Waals surface area contributed by atoms with Crippen LogP contribution < -0.4 is 5.73 Å². The fourth-order valence-electron chi connectivity index (χ4n) is 2.17. The highest BCUT2D eigenvalue weighted by molar-refractivity contribution is 5.79. The van der Waals surface area contributed by atoms with Crippen LogP contribution in [0.15, 0.2) is 42.9 Å². The Hall–Kier alpha value is -3.29. The van der Waals surface area contributed by atoms with E-state index in [1.807, 2.05) is 30.3 Å². The third kappa shape index (κ3) is 1.73. The van der Waals surface area contributed by atoms with Gasteiger partial charge in [-0.25, -0.2) is 4.98 Å². The van der Waals surface area contributed by atoms with Crippen LogP contribution in [0.2, 0.25) is 0 Å². The number of anilines is 1. The number of rotatable bonds is 2. The first-order valence-electron chi connectivity index (χ1n) is 6.25. The predicted molar refractivity (Wildman–Crippen MR) is 76.0 cm³/mol. The van der Waals surface area contributed by atoms with E-state index in [1.165, 1.54) is 6.33 Å². The predicted octanol–water partition coefficient (Wildman–Crippen LogP) is 1.16. The summed E-state index contributed by atoms with van der Waals surface area (Å²) in [6.45, 7) is 0. The van der Waals surface area contributed by atoms with E-state index >= 15 is 0 Å². The molecule has 0 fully saturated rings. The Labute approximate surface area is 118 Å². The van der Waals surface area contributed by atoms with Gasteiger partial charge in [0.15, 0.2) is 23.0 Å². The van der Waals surface area contributed by atoms with Gasteiger partial charge in [-0.15, -0.1) is 10.2 Å². The molecule has 102 valence electrons. The fraction of sp³-hybridized carbons (Fsp3) is 0. The van der Waals surface area contributed by atoms with Crippen molar-refractivity contribution in [1.82, 2.24) is 35.0 Å². The molecule has 0 aliphatic carbocycles. The average Bonchev–Trinajstić information content (AvgIpc) is 3.18. The summed E-state index contributed by atoms with van der Waals surface area (Å²) in [4.78, 5) is 4.03. The standard InChI is InChI=1S/C13H10N8/c14-11-10(12-15-7-16-19-12)18-20-13-9(6-17-21(11)13)8-4-2-1-3-5-8/h1-7H,14H2,(H,15,16,19). The molecule has 3 aromatic heterocycles. The lowest BCUT2D eigenvalue weighted by molar-refractivity contribution is 0.900. The molecule has 3 heterocycles.